The molecule has 0 radical (unpaired) electrons. The van der Waals surface area contributed by atoms with Crippen molar-refractivity contribution >= 4 is 61.3 Å². The molecular formula is C18H19CaF2N2O9PS. The molecule has 1 heterocycles. The Hall–Kier alpha value is -1.38. The molecule has 0 aliphatic heterocycles. The maximum absolute atomic E-state index is 14.7. The zero-order valence-electron chi connectivity index (χ0n) is 18.2. The zero-order chi connectivity index (χ0) is 25.2. The van der Waals surface area contributed by atoms with Gasteiger partial charge in [-0.3, -0.25) is 9.59 Å². The first-order valence-corrected chi connectivity index (χ1v) is 12.4. The second kappa shape index (κ2) is 11.6. The Morgan fingerprint density at radius 2 is 1.82 bits per heavy atom. The van der Waals surface area contributed by atoms with Gasteiger partial charge in [-0.2, -0.15) is 0 Å². The van der Waals surface area contributed by atoms with Crippen molar-refractivity contribution in [2.24, 2.45) is 0 Å². The molecule has 0 spiro atoms. The summed E-state index contributed by atoms with van der Waals surface area (Å²) in [6, 6.07) is 4.38. The number of nitrogens with one attached hydrogen (secondary N) is 1. The molecule has 1 aromatic heterocycles. The van der Waals surface area contributed by atoms with Gasteiger partial charge in [-0.15, -0.1) is 0 Å². The second-order valence-electron chi connectivity index (χ2n) is 7.14. The van der Waals surface area contributed by atoms with E-state index in [1.54, 1.807) is 0 Å². The predicted molar refractivity (Wildman–Crippen MR) is 113 cm³/mol. The number of hydrogen-bond acceptors (Lipinski definition) is 9. The van der Waals surface area contributed by atoms with E-state index in [9.17, 15) is 41.1 Å². The number of hydroxylamine groups is 1. The summed E-state index contributed by atoms with van der Waals surface area (Å²) in [4.78, 5) is 45.8. The van der Waals surface area contributed by atoms with Gasteiger partial charge in [-0.05, 0) is 25.5 Å². The third kappa shape index (κ3) is 7.31. The molecule has 1 N–H and O–H groups in total. The Balaban J connectivity index is 0.00000578. The molecule has 0 aliphatic rings. The maximum Gasteiger partial charge on any atom is 2.00 e. The third-order valence-electron chi connectivity index (χ3n) is 4.92. The molecule has 2 rings (SSSR count). The first-order chi connectivity index (χ1) is 15.1. The van der Waals surface area contributed by atoms with E-state index in [4.69, 9.17) is 4.74 Å². The Labute approximate surface area is 223 Å². The molecule has 182 valence electrons. The number of carbonyl (C=O) groups is 1. The average molecular weight is 548 g/mol. The number of phosphoric acid groups is 1. The van der Waals surface area contributed by atoms with Crippen LogP contribution in [0.25, 0.3) is 11.1 Å². The zero-order valence-corrected chi connectivity index (χ0v) is 22.2. The minimum atomic E-state index is -5.65. The van der Waals surface area contributed by atoms with Crippen molar-refractivity contribution < 1.29 is 45.7 Å². The number of nitrogens with zero attached hydrogens (tertiary/aromatic N) is 1. The molecule has 16 heteroatoms. The number of aromatic nitrogens is 1. The van der Waals surface area contributed by atoms with Gasteiger partial charge in [-0.25, -0.2) is 27.3 Å². The quantitative estimate of drug-likeness (QED) is 0.247. The summed E-state index contributed by atoms with van der Waals surface area (Å²) in [5.41, 5.74) is -0.142. The van der Waals surface area contributed by atoms with Crippen LogP contribution in [0.4, 0.5) is 8.78 Å². The maximum atomic E-state index is 14.7. The molecule has 0 aliphatic carbocycles. The van der Waals surface area contributed by atoms with E-state index >= 15 is 0 Å². The molecule has 0 saturated heterocycles. The number of sulfone groups is 1. The minimum Gasteiger partial charge on any atom is -0.788 e. The molecule has 1 atom stereocenters. The largest absolute Gasteiger partial charge is 2.00 e. The van der Waals surface area contributed by atoms with Crippen LogP contribution in [-0.2, 0) is 30.4 Å². The molecule has 0 fully saturated rings. The van der Waals surface area contributed by atoms with E-state index in [0.29, 0.717) is 12.5 Å². The Morgan fingerprint density at radius 1 is 1.21 bits per heavy atom. The fourth-order valence-corrected chi connectivity index (χ4v) is 3.81. The number of halogens is 2. The summed E-state index contributed by atoms with van der Waals surface area (Å²) < 4.78 is 70.7. The molecule has 2 aromatic rings. The van der Waals surface area contributed by atoms with Crippen LogP contribution >= 0.6 is 7.82 Å². The van der Waals surface area contributed by atoms with Gasteiger partial charge < -0.3 is 23.7 Å². The number of amides is 1. The van der Waals surface area contributed by atoms with Gasteiger partial charge in [0.15, 0.2) is 14.6 Å². The molecule has 1 amide bonds. The monoisotopic (exact) mass is 548 g/mol. The molecule has 11 nitrogen and oxygen atoms in total. The van der Waals surface area contributed by atoms with E-state index in [-0.39, 0.29) is 54.6 Å². The summed E-state index contributed by atoms with van der Waals surface area (Å²) in [6.45, 7) is 0.397. The van der Waals surface area contributed by atoms with Crippen molar-refractivity contribution in [3.63, 3.8) is 0 Å². The van der Waals surface area contributed by atoms with Crippen molar-refractivity contribution in [3.05, 3.63) is 52.5 Å². The number of hydrogen-bond donors (Lipinski definition) is 1. The first kappa shape index (κ1) is 30.7. The number of pyridine rings is 1. The molecule has 0 unspecified atom stereocenters. The van der Waals surface area contributed by atoms with Crippen LogP contribution in [-0.4, -0.2) is 74.7 Å². The number of methoxy groups -OCH3 is 1. The summed E-state index contributed by atoms with van der Waals surface area (Å²) in [5, 5.41) is 0. The van der Waals surface area contributed by atoms with Crippen molar-refractivity contribution in [1.29, 1.82) is 0 Å². The van der Waals surface area contributed by atoms with Gasteiger partial charge in [0.1, 0.15) is 17.4 Å². The number of rotatable bonds is 9. The normalized spacial score (nSPS) is 13.5. The summed E-state index contributed by atoms with van der Waals surface area (Å²) in [5.74, 6) is -3.16. The van der Waals surface area contributed by atoms with E-state index in [1.165, 1.54) is 24.7 Å². The van der Waals surface area contributed by atoms with Crippen molar-refractivity contribution in [2.75, 3.05) is 13.4 Å². The van der Waals surface area contributed by atoms with Gasteiger partial charge in [-0.1, -0.05) is 0 Å². The SMILES string of the molecule is COc1ccc(-c2cc(=O)n(CC[C@](C)(C(=O)NOP(=O)([O-])[O-])S(C)(=O)=O)cc2F)c(F)c1.[Ca+2]. The first-order valence-electron chi connectivity index (χ1n) is 9.03. The molecule has 34 heavy (non-hydrogen) atoms. The fourth-order valence-electron chi connectivity index (χ4n) is 2.77. The molecule has 0 bridgehead atoms. The van der Waals surface area contributed by atoms with E-state index in [0.717, 1.165) is 23.6 Å². The number of carbonyl (C=O) groups excluding carboxylic acids is 1. The van der Waals surface area contributed by atoms with E-state index < -0.39 is 58.5 Å². The van der Waals surface area contributed by atoms with Crippen molar-refractivity contribution in [2.45, 2.75) is 24.6 Å². The van der Waals surface area contributed by atoms with Crippen molar-refractivity contribution in [1.82, 2.24) is 10.0 Å². The number of ether oxygens (including phenoxy) is 1. The number of benzene rings is 1. The van der Waals surface area contributed by atoms with Crippen LogP contribution in [0.1, 0.15) is 13.3 Å². The Bertz CT molecular complexity index is 1280. The van der Waals surface area contributed by atoms with Crippen LogP contribution < -0.4 is 25.6 Å². The predicted octanol–water partition coefficient (Wildman–Crippen LogP) is -0.509. The van der Waals surface area contributed by atoms with E-state index in [2.05, 4.69) is 4.62 Å². The summed E-state index contributed by atoms with van der Waals surface area (Å²) in [7, 11) is -8.58. The summed E-state index contributed by atoms with van der Waals surface area (Å²) >= 11 is 0. The average Bonchev–Trinajstić information content (AvgIpc) is 2.70. The Kier molecular flexibility index (Phi) is 10.4. The summed E-state index contributed by atoms with van der Waals surface area (Å²) in [6.07, 6.45) is 0.750. The van der Waals surface area contributed by atoms with Crippen LogP contribution in [0.15, 0.2) is 35.3 Å². The molecule has 1 aromatic carbocycles. The Morgan fingerprint density at radius 3 is 2.32 bits per heavy atom. The minimum absolute atomic E-state index is 0. The van der Waals surface area contributed by atoms with E-state index in [1.807, 2.05) is 0 Å². The van der Waals surface area contributed by atoms with Gasteiger partial charge in [0.2, 0.25) is 0 Å². The topological polar surface area (TPSA) is 167 Å². The van der Waals surface area contributed by atoms with Gasteiger partial charge >= 0.3 is 37.7 Å². The van der Waals surface area contributed by atoms with Gasteiger partial charge in [0.25, 0.3) is 11.5 Å². The van der Waals surface area contributed by atoms with Gasteiger partial charge in [0, 0.05) is 42.3 Å². The van der Waals surface area contributed by atoms with Crippen LogP contribution in [0, 0.1) is 11.6 Å². The fraction of sp³-hybridized carbons (Fsp3) is 0.333. The van der Waals surface area contributed by atoms with Crippen LogP contribution in [0.5, 0.6) is 5.75 Å². The van der Waals surface area contributed by atoms with Crippen LogP contribution in [0.2, 0.25) is 0 Å². The van der Waals surface area contributed by atoms with Crippen molar-refractivity contribution in [3.8, 4) is 16.9 Å². The second-order valence-corrected chi connectivity index (χ2v) is 10.7. The number of aryl methyl sites for hydroxylation is 1. The smallest absolute Gasteiger partial charge is 0.788 e. The third-order valence-corrected chi connectivity index (χ3v) is 7.26. The molecular weight excluding hydrogens is 529 g/mol. The standard InChI is InChI=1S/C18H21F2N2O9PS.Ca/c1-18(33(3,28)29,17(24)21-31-32(25,26)27)6-7-22-10-15(20)13(9-16(22)23)12-5-4-11(30-2)8-14(12)19;/h4-5,8-10H,6-7H2,1-3H3,(H,21,24)(H2,25,26,27);/q;+2/p-2/t18-;/m1./s1. The van der Waals surface area contributed by atoms with Crippen LogP contribution in [0.3, 0.4) is 0 Å². The van der Waals surface area contributed by atoms with Gasteiger partial charge in [0.05, 0.1) is 14.9 Å². The molecule has 0 saturated carbocycles.